The van der Waals surface area contributed by atoms with Crippen molar-refractivity contribution in [1.29, 1.82) is 0 Å². The fourth-order valence-corrected chi connectivity index (χ4v) is 3.88. The predicted octanol–water partition coefficient (Wildman–Crippen LogP) is 4.51. The largest absolute Gasteiger partial charge is 0.496 e. The van der Waals surface area contributed by atoms with E-state index in [1.807, 2.05) is 58.3 Å². The van der Waals surface area contributed by atoms with Crippen LogP contribution in [0.1, 0.15) is 28.8 Å². The van der Waals surface area contributed by atoms with Crippen molar-refractivity contribution in [1.82, 2.24) is 9.47 Å². The summed E-state index contributed by atoms with van der Waals surface area (Å²) in [7, 11) is 1.52. The van der Waals surface area contributed by atoms with E-state index in [0.29, 0.717) is 35.0 Å². The monoisotopic (exact) mass is 423 g/mol. The highest BCUT2D eigenvalue weighted by Crippen LogP contribution is 2.30. The van der Waals surface area contributed by atoms with Crippen molar-refractivity contribution in [2.75, 3.05) is 19.0 Å². The molecule has 2 aromatic carbocycles. The second-order valence-corrected chi connectivity index (χ2v) is 7.57. The van der Waals surface area contributed by atoms with Gasteiger partial charge >= 0.3 is 0 Å². The van der Waals surface area contributed by atoms with Crippen LogP contribution in [0.2, 0.25) is 5.02 Å². The van der Waals surface area contributed by atoms with Gasteiger partial charge in [0.05, 0.1) is 23.4 Å². The highest BCUT2D eigenvalue weighted by molar-refractivity contribution is 6.33. The number of hydrogen-bond acceptors (Lipinski definition) is 3. The summed E-state index contributed by atoms with van der Waals surface area (Å²) in [5.74, 6) is 0.285. The van der Waals surface area contributed by atoms with Gasteiger partial charge in [0.2, 0.25) is 5.91 Å². The molecule has 0 unspecified atom stereocenters. The Morgan fingerprint density at radius 3 is 2.67 bits per heavy atom. The van der Waals surface area contributed by atoms with Crippen molar-refractivity contribution < 1.29 is 14.3 Å². The van der Waals surface area contributed by atoms with Gasteiger partial charge in [-0.2, -0.15) is 0 Å². The third-order valence-electron chi connectivity index (χ3n) is 5.13. The zero-order valence-electron chi connectivity index (χ0n) is 16.6. The number of nitrogens with one attached hydrogen (secondary N) is 1. The summed E-state index contributed by atoms with van der Waals surface area (Å²) in [6.45, 7) is 1.32. The van der Waals surface area contributed by atoms with Crippen molar-refractivity contribution in [3.8, 4) is 11.4 Å². The van der Waals surface area contributed by atoms with Gasteiger partial charge in [-0.1, -0.05) is 23.7 Å². The molecule has 1 aliphatic heterocycles. The number of hydrogen-bond donors (Lipinski definition) is 1. The minimum absolute atomic E-state index is 0.173. The number of methoxy groups -OCH3 is 1. The molecular weight excluding hydrogens is 402 g/mol. The van der Waals surface area contributed by atoms with Crippen molar-refractivity contribution in [3.63, 3.8) is 0 Å². The van der Waals surface area contributed by atoms with Gasteiger partial charge in [0.25, 0.3) is 5.91 Å². The van der Waals surface area contributed by atoms with Gasteiger partial charge in [0.15, 0.2) is 0 Å². The van der Waals surface area contributed by atoms with E-state index in [4.69, 9.17) is 16.3 Å². The molecule has 1 N–H and O–H groups in total. The second kappa shape index (κ2) is 8.63. The molecule has 3 aromatic rings. The lowest BCUT2D eigenvalue weighted by Crippen LogP contribution is -2.23. The minimum atomic E-state index is -0.317. The standard InChI is InChI=1S/C23H22ClN3O3/c1-30-21-14-20(26-9-2-3-10-26)19(24)13-18(21)23(29)25-17-7-4-6-16(12-17)15-27-11-5-8-22(27)28/h2-4,6-7,9-10,12-14H,5,8,11,15H2,1H3,(H,25,29). The van der Waals surface area contributed by atoms with Crippen molar-refractivity contribution >= 4 is 29.1 Å². The lowest BCUT2D eigenvalue weighted by molar-refractivity contribution is -0.128. The van der Waals surface area contributed by atoms with Gasteiger partial charge in [0.1, 0.15) is 5.75 Å². The molecule has 0 saturated carbocycles. The van der Waals surface area contributed by atoms with Crippen LogP contribution in [0.25, 0.3) is 5.69 Å². The SMILES string of the molecule is COc1cc(-n2cccc2)c(Cl)cc1C(=O)Nc1cccc(CN2CCCC2=O)c1. The highest BCUT2D eigenvalue weighted by Gasteiger charge is 2.20. The molecule has 1 fully saturated rings. The van der Waals surface area contributed by atoms with Crippen molar-refractivity contribution in [2.24, 2.45) is 0 Å². The quantitative estimate of drug-likeness (QED) is 0.634. The summed E-state index contributed by atoms with van der Waals surface area (Å²) in [5, 5.41) is 3.35. The molecule has 1 aliphatic rings. The Morgan fingerprint density at radius 2 is 1.97 bits per heavy atom. The van der Waals surface area contributed by atoms with Crippen LogP contribution in [0.5, 0.6) is 5.75 Å². The fourth-order valence-electron chi connectivity index (χ4n) is 3.62. The second-order valence-electron chi connectivity index (χ2n) is 7.17. The average molecular weight is 424 g/mol. The van der Waals surface area contributed by atoms with Crippen LogP contribution in [0.3, 0.4) is 0 Å². The molecule has 2 heterocycles. The average Bonchev–Trinajstić information content (AvgIpc) is 3.40. The van der Waals surface area contributed by atoms with Gasteiger partial charge < -0.3 is 19.5 Å². The molecule has 1 saturated heterocycles. The number of amides is 2. The predicted molar refractivity (Wildman–Crippen MR) is 116 cm³/mol. The fraction of sp³-hybridized carbons (Fsp3) is 0.217. The number of benzene rings is 2. The Bertz CT molecular complexity index is 1080. The Labute approximate surface area is 180 Å². The third-order valence-corrected chi connectivity index (χ3v) is 5.43. The molecule has 154 valence electrons. The smallest absolute Gasteiger partial charge is 0.259 e. The topological polar surface area (TPSA) is 63.6 Å². The molecule has 0 aliphatic carbocycles. The molecule has 0 spiro atoms. The van der Waals surface area contributed by atoms with Crippen molar-refractivity contribution in [3.05, 3.63) is 77.1 Å². The molecule has 7 heteroatoms. The first-order valence-electron chi connectivity index (χ1n) is 9.74. The maximum atomic E-state index is 12.9. The number of anilines is 1. The van der Waals surface area contributed by atoms with E-state index in [9.17, 15) is 9.59 Å². The summed E-state index contributed by atoms with van der Waals surface area (Å²) < 4.78 is 7.30. The first-order chi connectivity index (χ1) is 14.5. The Kier molecular flexibility index (Phi) is 5.77. The van der Waals surface area contributed by atoms with Gasteiger partial charge in [-0.05, 0) is 42.3 Å². The number of carbonyl (C=O) groups is 2. The number of likely N-dealkylation sites (tertiary alicyclic amines) is 1. The number of ether oxygens (including phenoxy) is 1. The van der Waals surface area contributed by atoms with E-state index in [0.717, 1.165) is 24.2 Å². The van der Waals surface area contributed by atoms with Crippen LogP contribution in [-0.2, 0) is 11.3 Å². The number of halogens is 1. The zero-order chi connectivity index (χ0) is 21.1. The molecule has 0 atom stereocenters. The molecular formula is C23H22ClN3O3. The van der Waals surface area contributed by atoms with E-state index in [1.54, 1.807) is 12.1 Å². The molecule has 4 rings (SSSR count). The summed E-state index contributed by atoms with van der Waals surface area (Å²) in [6.07, 6.45) is 5.25. The van der Waals surface area contributed by atoms with Gasteiger partial charge in [-0.25, -0.2) is 0 Å². The molecule has 2 amide bonds. The Balaban J connectivity index is 1.54. The molecule has 30 heavy (non-hydrogen) atoms. The zero-order valence-corrected chi connectivity index (χ0v) is 17.4. The van der Waals surface area contributed by atoms with E-state index in [2.05, 4.69) is 5.32 Å². The van der Waals surface area contributed by atoms with Crippen molar-refractivity contribution in [2.45, 2.75) is 19.4 Å². The maximum Gasteiger partial charge on any atom is 0.259 e. The summed E-state index contributed by atoms with van der Waals surface area (Å²) >= 11 is 6.44. The third kappa shape index (κ3) is 4.19. The van der Waals surface area contributed by atoms with E-state index in [-0.39, 0.29) is 11.8 Å². The first kappa shape index (κ1) is 20.0. The van der Waals surface area contributed by atoms with E-state index < -0.39 is 0 Å². The number of aromatic nitrogens is 1. The summed E-state index contributed by atoms with van der Waals surface area (Å²) in [5.41, 5.74) is 2.69. The van der Waals surface area contributed by atoms with Crippen LogP contribution in [0, 0.1) is 0 Å². The molecule has 6 nitrogen and oxygen atoms in total. The Hall–Kier alpha value is -3.25. The molecule has 1 aromatic heterocycles. The maximum absolute atomic E-state index is 12.9. The van der Waals surface area contributed by atoms with Crippen LogP contribution >= 0.6 is 11.6 Å². The molecule has 0 bridgehead atoms. The molecule has 0 radical (unpaired) electrons. The van der Waals surface area contributed by atoms with Gasteiger partial charge in [-0.3, -0.25) is 9.59 Å². The van der Waals surface area contributed by atoms with E-state index in [1.165, 1.54) is 7.11 Å². The first-order valence-corrected chi connectivity index (χ1v) is 10.1. The van der Waals surface area contributed by atoms with Crippen LogP contribution < -0.4 is 10.1 Å². The lowest BCUT2D eigenvalue weighted by Gasteiger charge is -2.17. The minimum Gasteiger partial charge on any atom is -0.496 e. The number of carbonyl (C=O) groups excluding carboxylic acids is 2. The van der Waals surface area contributed by atoms with Crippen LogP contribution in [0.4, 0.5) is 5.69 Å². The summed E-state index contributed by atoms with van der Waals surface area (Å²) in [4.78, 5) is 26.6. The van der Waals surface area contributed by atoms with E-state index >= 15 is 0 Å². The van der Waals surface area contributed by atoms with Gasteiger partial charge in [0, 0.05) is 43.7 Å². The number of nitrogens with zero attached hydrogens (tertiary/aromatic N) is 2. The normalized spacial score (nSPS) is 13.5. The lowest BCUT2D eigenvalue weighted by atomic mass is 10.1. The van der Waals surface area contributed by atoms with Crippen LogP contribution in [-0.4, -0.2) is 34.9 Å². The van der Waals surface area contributed by atoms with Gasteiger partial charge in [-0.15, -0.1) is 0 Å². The summed E-state index contributed by atoms with van der Waals surface area (Å²) in [6, 6.07) is 14.7. The van der Waals surface area contributed by atoms with Crippen LogP contribution in [0.15, 0.2) is 60.9 Å². The number of rotatable bonds is 6. The Morgan fingerprint density at radius 1 is 1.17 bits per heavy atom. The highest BCUT2D eigenvalue weighted by atomic mass is 35.5.